The van der Waals surface area contributed by atoms with E-state index >= 15 is 0 Å². The molecule has 0 heterocycles. The van der Waals surface area contributed by atoms with E-state index in [0.717, 1.165) is 24.9 Å². The van der Waals surface area contributed by atoms with E-state index < -0.39 is 0 Å². The lowest BCUT2D eigenvalue weighted by atomic mass is 10.0. The van der Waals surface area contributed by atoms with Crippen LogP contribution in [0.4, 0.5) is 5.69 Å². The molecular weight excluding hydrogens is 186 g/mol. The standard InChI is InChI=1S/C12H18N3/c13-15(14,11-7-3-1-4-8-11)12-9-5-2-6-10-12/h1-5,7-8,12H,6,9-10,13-14H2/q+1. The molecule has 2 rings (SSSR count). The van der Waals surface area contributed by atoms with Crippen LogP contribution in [0.15, 0.2) is 42.5 Å². The van der Waals surface area contributed by atoms with E-state index in [1.165, 1.54) is 0 Å². The average Bonchev–Trinajstić information content (AvgIpc) is 2.31. The zero-order valence-corrected chi connectivity index (χ0v) is 8.84. The number of benzene rings is 1. The van der Waals surface area contributed by atoms with Crippen LogP contribution in [0, 0.1) is 0 Å². The topological polar surface area (TPSA) is 52.0 Å². The molecule has 1 atom stereocenters. The van der Waals surface area contributed by atoms with Crippen LogP contribution < -0.4 is 16.4 Å². The number of hydrogen-bond acceptors (Lipinski definition) is 2. The molecule has 80 valence electrons. The summed E-state index contributed by atoms with van der Waals surface area (Å²) in [5, 5.41) is 0. The number of para-hydroxylation sites is 1. The molecule has 1 aromatic rings. The molecule has 3 nitrogen and oxygen atoms in total. The van der Waals surface area contributed by atoms with E-state index in [1.54, 1.807) is 0 Å². The molecule has 4 N–H and O–H groups in total. The van der Waals surface area contributed by atoms with Crippen LogP contribution in [-0.4, -0.2) is 6.04 Å². The molecule has 0 aromatic heterocycles. The number of allylic oxidation sites excluding steroid dienone is 1. The van der Waals surface area contributed by atoms with E-state index in [0.29, 0.717) is 0 Å². The maximum Gasteiger partial charge on any atom is 0.171 e. The molecule has 0 bridgehead atoms. The monoisotopic (exact) mass is 204 g/mol. The van der Waals surface area contributed by atoms with Crippen molar-refractivity contribution in [1.29, 1.82) is 0 Å². The second-order valence-corrected chi connectivity index (χ2v) is 4.11. The molecule has 1 aliphatic rings. The van der Waals surface area contributed by atoms with E-state index in [1.807, 2.05) is 30.3 Å². The first-order valence-corrected chi connectivity index (χ1v) is 5.38. The van der Waals surface area contributed by atoms with E-state index in [-0.39, 0.29) is 10.7 Å². The van der Waals surface area contributed by atoms with Gasteiger partial charge in [-0.2, -0.15) is 11.7 Å². The van der Waals surface area contributed by atoms with Gasteiger partial charge in [0.1, 0.15) is 6.04 Å². The zero-order chi connectivity index (χ0) is 10.7. The van der Waals surface area contributed by atoms with Gasteiger partial charge in [0.2, 0.25) is 0 Å². The SMILES string of the molecule is N[N+](N)(c1ccccc1)C1CC=CCC1. The molecule has 0 saturated heterocycles. The van der Waals surface area contributed by atoms with Gasteiger partial charge in [0.25, 0.3) is 0 Å². The summed E-state index contributed by atoms with van der Waals surface area (Å²) in [5.41, 5.74) is 0.970. The van der Waals surface area contributed by atoms with Crippen LogP contribution in [-0.2, 0) is 0 Å². The Kier molecular flexibility index (Phi) is 2.86. The molecule has 0 fully saturated rings. The van der Waals surface area contributed by atoms with Gasteiger partial charge in [-0.05, 0) is 6.42 Å². The summed E-state index contributed by atoms with van der Waals surface area (Å²) in [6.45, 7) is 0. The molecule has 3 heteroatoms. The van der Waals surface area contributed by atoms with Crippen molar-refractivity contribution in [2.24, 2.45) is 11.7 Å². The fourth-order valence-electron chi connectivity index (χ4n) is 2.06. The molecule has 1 unspecified atom stereocenters. The van der Waals surface area contributed by atoms with Crippen molar-refractivity contribution in [3.63, 3.8) is 0 Å². The Bertz CT molecular complexity index is 343. The van der Waals surface area contributed by atoms with Crippen molar-refractivity contribution in [2.75, 3.05) is 0 Å². The molecule has 15 heavy (non-hydrogen) atoms. The van der Waals surface area contributed by atoms with Crippen LogP contribution >= 0.6 is 0 Å². The summed E-state index contributed by atoms with van der Waals surface area (Å²) in [4.78, 5) is 0. The van der Waals surface area contributed by atoms with Gasteiger partial charge in [-0.3, -0.25) is 0 Å². The van der Waals surface area contributed by atoms with Crippen molar-refractivity contribution in [3.05, 3.63) is 42.5 Å². The van der Waals surface area contributed by atoms with Gasteiger partial charge in [0.05, 0.1) is 0 Å². The number of quaternary nitrogens is 1. The largest absolute Gasteiger partial charge is 0.171 e. The number of rotatable bonds is 2. The Balaban J connectivity index is 2.22. The van der Waals surface area contributed by atoms with Gasteiger partial charge in [0.15, 0.2) is 5.69 Å². The van der Waals surface area contributed by atoms with Crippen molar-refractivity contribution in [1.82, 2.24) is 4.70 Å². The molecular formula is C12H18N3+. The van der Waals surface area contributed by atoms with Gasteiger partial charge in [-0.1, -0.05) is 30.4 Å². The molecule has 1 aliphatic carbocycles. The highest BCUT2D eigenvalue weighted by atomic mass is 15.8. The lowest BCUT2D eigenvalue weighted by Gasteiger charge is -2.34. The summed E-state index contributed by atoms with van der Waals surface area (Å²) < 4.78 is 0.00514. The minimum atomic E-state index is 0.00514. The minimum Gasteiger partial charge on any atom is -0.156 e. The Morgan fingerprint density at radius 2 is 1.80 bits per heavy atom. The molecule has 0 amide bonds. The maximum absolute atomic E-state index is 6.19. The quantitative estimate of drug-likeness (QED) is 0.334. The lowest BCUT2D eigenvalue weighted by molar-refractivity contribution is 0.194. The first-order chi connectivity index (χ1) is 7.21. The van der Waals surface area contributed by atoms with Crippen LogP contribution in [0.3, 0.4) is 0 Å². The van der Waals surface area contributed by atoms with Gasteiger partial charge >= 0.3 is 0 Å². The summed E-state index contributed by atoms with van der Waals surface area (Å²) >= 11 is 0. The fraction of sp³-hybridized carbons (Fsp3) is 0.333. The lowest BCUT2D eigenvalue weighted by Crippen LogP contribution is -2.68. The van der Waals surface area contributed by atoms with Gasteiger partial charge in [-0.15, -0.1) is 4.70 Å². The van der Waals surface area contributed by atoms with E-state index in [9.17, 15) is 0 Å². The highest BCUT2D eigenvalue weighted by Crippen LogP contribution is 2.24. The second kappa shape index (κ2) is 4.14. The third kappa shape index (κ3) is 2.09. The van der Waals surface area contributed by atoms with Crippen LogP contribution in [0.1, 0.15) is 19.3 Å². The summed E-state index contributed by atoms with van der Waals surface area (Å²) in [7, 11) is 0. The molecule has 1 aromatic carbocycles. The Hall–Kier alpha value is -1.16. The predicted octanol–water partition coefficient (Wildman–Crippen LogP) is 1.85. The summed E-state index contributed by atoms with van der Waals surface area (Å²) in [6.07, 6.45) is 7.46. The van der Waals surface area contributed by atoms with Crippen LogP contribution in [0.5, 0.6) is 0 Å². The zero-order valence-electron chi connectivity index (χ0n) is 8.84. The van der Waals surface area contributed by atoms with Gasteiger partial charge in [-0.25, -0.2) is 0 Å². The first kappa shape index (κ1) is 10.4. The minimum absolute atomic E-state index is 0.00514. The highest BCUT2D eigenvalue weighted by molar-refractivity contribution is 5.40. The van der Waals surface area contributed by atoms with Crippen molar-refractivity contribution >= 4 is 5.69 Å². The van der Waals surface area contributed by atoms with Crippen molar-refractivity contribution < 1.29 is 0 Å². The van der Waals surface area contributed by atoms with E-state index in [2.05, 4.69) is 12.2 Å². The second-order valence-electron chi connectivity index (χ2n) is 4.11. The number of hydrogen-bond donors (Lipinski definition) is 2. The normalized spacial score (nSPS) is 21.6. The Morgan fingerprint density at radius 3 is 2.40 bits per heavy atom. The third-order valence-electron chi connectivity index (χ3n) is 3.05. The van der Waals surface area contributed by atoms with Gasteiger partial charge in [0, 0.05) is 25.0 Å². The summed E-state index contributed by atoms with van der Waals surface area (Å²) in [5.74, 6) is 12.4. The average molecular weight is 204 g/mol. The Labute approximate surface area is 90.5 Å². The van der Waals surface area contributed by atoms with Crippen molar-refractivity contribution in [3.8, 4) is 0 Å². The molecule has 0 saturated carbocycles. The third-order valence-corrected chi connectivity index (χ3v) is 3.05. The van der Waals surface area contributed by atoms with Crippen LogP contribution in [0.2, 0.25) is 0 Å². The first-order valence-electron chi connectivity index (χ1n) is 5.38. The molecule has 0 spiro atoms. The smallest absolute Gasteiger partial charge is 0.156 e. The van der Waals surface area contributed by atoms with Gasteiger partial charge < -0.3 is 0 Å². The fourth-order valence-corrected chi connectivity index (χ4v) is 2.06. The molecule has 0 aliphatic heterocycles. The summed E-state index contributed by atoms with van der Waals surface area (Å²) in [6, 6.07) is 10.2. The predicted molar refractivity (Wildman–Crippen MR) is 63.4 cm³/mol. The van der Waals surface area contributed by atoms with Crippen molar-refractivity contribution in [2.45, 2.75) is 25.3 Å². The van der Waals surface area contributed by atoms with Crippen LogP contribution in [0.25, 0.3) is 0 Å². The highest BCUT2D eigenvalue weighted by Gasteiger charge is 2.33. The maximum atomic E-state index is 6.19. The van der Waals surface area contributed by atoms with E-state index in [4.69, 9.17) is 11.7 Å². The molecule has 0 radical (unpaired) electrons. The number of nitrogens with zero attached hydrogens (tertiary/aromatic N) is 1. The Morgan fingerprint density at radius 1 is 1.07 bits per heavy atom. The number of nitrogens with two attached hydrogens (primary N) is 2.